The number of hydrogen-bond acceptors (Lipinski definition) is 4. The minimum atomic E-state index is -0.585. The van der Waals surface area contributed by atoms with Gasteiger partial charge >= 0.3 is 5.97 Å². The summed E-state index contributed by atoms with van der Waals surface area (Å²) in [7, 11) is 0. The van der Waals surface area contributed by atoms with Crippen molar-refractivity contribution in [2.24, 2.45) is 5.73 Å². The van der Waals surface area contributed by atoms with Crippen LogP contribution in [0.15, 0.2) is 36.4 Å². The van der Waals surface area contributed by atoms with Crippen molar-refractivity contribution in [1.82, 2.24) is 0 Å². The average Bonchev–Trinajstić information content (AvgIpc) is 2.87. The Balaban J connectivity index is 2.10. The van der Waals surface area contributed by atoms with Gasteiger partial charge in [-0.25, -0.2) is 0 Å². The van der Waals surface area contributed by atoms with E-state index in [9.17, 15) is 4.79 Å². The van der Waals surface area contributed by atoms with Gasteiger partial charge in [-0.15, -0.1) is 11.3 Å². The van der Waals surface area contributed by atoms with Gasteiger partial charge in [0.25, 0.3) is 0 Å². The molecule has 0 spiro atoms. The summed E-state index contributed by atoms with van der Waals surface area (Å²) in [4.78, 5) is 13.8. The van der Waals surface area contributed by atoms with Gasteiger partial charge in [0.15, 0.2) is 0 Å². The van der Waals surface area contributed by atoms with Gasteiger partial charge in [0.1, 0.15) is 6.04 Å². The fourth-order valence-corrected chi connectivity index (χ4v) is 3.19. The van der Waals surface area contributed by atoms with Gasteiger partial charge in [-0.1, -0.05) is 24.3 Å². The number of ether oxygens (including phenoxy) is 1. The normalized spacial score (nSPS) is 12.2. The van der Waals surface area contributed by atoms with Gasteiger partial charge in [0, 0.05) is 16.2 Å². The zero-order valence-electron chi connectivity index (χ0n) is 11.8. The fourth-order valence-electron chi connectivity index (χ4n) is 2.03. The van der Waals surface area contributed by atoms with Crippen molar-refractivity contribution in [3.8, 4) is 10.4 Å². The predicted molar refractivity (Wildman–Crippen MR) is 82.8 cm³/mol. The van der Waals surface area contributed by atoms with Crippen LogP contribution in [0.5, 0.6) is 0 Å². The van der Waals surface area contributed by atoms with Crippen LogP contribution in [-0.4, -0.2) is 18.6 Å². The lowest BCUT2D eigenvalue weighted by Gasteiger charge is -2.08. The number of carbonyl (C=O) groups is 1. The van der Waals surface area contributed by atoms with Gasteiger partial charge in [0.05, 0.1) is 6.61 Å². The fraction of sp³-hybridized carbons (Fsp3) is 0.312. The van der Waals surface area contributed by atoms with Crippen LogP contribution >= 0.6 is 11.3 Å². The maximum absolute atomic E-state index is 11.5. The van der Waals surface area contributed by atoms with E-state index in [4.69, 9.17) is 10.5 Å². The Morgan fingerprint density at radius 1 is 1.30 bits per heavy atom. The van der Waals surface area contributed by atoms with Crippen LogP contribution < -0.4 is 5.73 Å². The highest BCUT2D eigenvalue weighted by atomic mass is 32.1. The Kier molecular flexibility index (Phi) is 4.93. The molecular weight excluding hydrogens is 270 g/mol. The molecule has 0 bridgehead atoms. The van der Waals surface area contributed by atoms with Gasteiger partial charge in [0.2, 0.25) is 0 Å². The maximum Gasteiger partial charge on any atom is 0.323 e. The number of nitrogens with two attached hydrogens (primary N) is 1. The van der Waals surface area contributed by atoms with Crippen LogP contribution in [0.25, 0.3) is 10.4 Å². The van der Waals surface area contributed by atoms with E-state index in [2.05, 4.69) is 25.1 Å². The lowest BCUT2D eigenvalue weighted by molar-refractivity contribution is -0.144. The lowest BCUT2D eigenvalue weighted by Crippen LogP contribution is -2.34. The molecule has 1 aromatic carbocycles. The first kappa shape index (κ1) is 14.8. The number of esters is 1. The van der Waals surface area contributed by atoms with Gasteiger partial charge in [-0.2, -0.15) is 0 Å². The second kappa shape index (κ2) is 6.68. The number of hydrogen-bond donors (Lipinski definition) is 1. The quantitative estimate of drug-likeness (QED) is 0.860. The summed E-state index contributed by atoms with van der Waals surface area (Å²) in [6.07, 6.45) is 0.523. The number of benzene rings is 1. The van der Waals surface area contributed by atoms with E-state index in [1.165, 1.54) is 16.0 Å². The van der Waals surface area contributed by atoms with E-state index in [-0.39, 0.29) is 5.97 Å². The predicted octanol–water partition coefficient (Wildman–Crippen LogP) is 3.16. The first-order valence-electron chi connectivity index (χ1n) is 6.68. The van der Waals surface area contributed by atoms with E-state index in [0.29, 0.717) is 13.0 Å². The third-order valence-electron chi connectivity index (χ3n) is 3.08. The Bertz CT molecular complexity index is 592. The van der Waals surface area contributed by atoms with Crippen molar-refractivity contribution >= 4 is 17.3 Å². The maximum atomic E-state index is 11.5. The standard InChI is InChI=1S/C16H19NO2S/c1-3-19-16(18)14(17)10-12-8-9-15(20-12)13-7-5-4-6-11(13)2/h4-9,14H,3,10,17H2,1-2H3. The zero-order chi connectivity index (χ0) is 14.5. The lowest BCUT2D eigenvalue weighted by atomic mass is 10.1. The van der Waals surface area contributed by atoms with Crippen molar-refractivity contribution in [2.75, 3.05) is 6.61 Å². The number of carbonyl (C=O) groups excluding carboxylic acids is 1. The molecule has 0 aliphatic heterocycles. The molecule has 0 saturated carbocycles. The van der Waals surface area contributed by atoms with Gasteiger partial charge in [-0.05, 0) is 37.1 Å². The third kappa shape index (κ3) is 3.46. The van der Waals surface area contributed by atoms with E-state index in [1.807, 2.05) is 18.2 Å². The molecule has 1 unspecified atom stereocenters. The van der Waals surface area contributed by atoms with Crippen molar-refractivity contribution in [3.05, 3.63) is 46.8 Å². The van der Waals surface area contributed by atoms with Crippen LogP contribution in [0.4, 0.5) is 0 Å². The van der Waals surface area contributed by atoms with Crippen LogP contribution in [-0.2, 0) is 16.0 Å². The van der Waals surface area contributed by atoms with E-state index in [1.54, 1.807) is 18.3 Å². The SMILES string of the molecule is CCOC(=O)C(N)Cc1ccc(-c2ccccc2C)s1. The zero-order valence-corrected chi connectivity index (χ0v) is 12.6. The van der Waals surface area contributed by atoms with Crippen LogP contribution in [0.3, 0.4) is 0 Å². The van der Waals surface area contributed by atoms with Crippen molar-refractivity contribution < 1.29 is 9.53 Å². The molecule has 2 N–H and O–H groups in total. The molecule has 0 aliphatic rings. The molecule has 0 aliphatic carbocycles. The molecule has 1 atom stereocenters. The van der Waals surface area contributed by atoms with Crippen molar-refractivity contribution in [3.63, 3.8) is 0 Å². The summed E-state index contributed by atoms with van der Waals surface area (Å²) in [6.45, 7) is 4.25. The first-order valence-corrected chi connectivity index (χ1v) is 7.50. The number of aryl methyl sites for hydroxylation is 1. The molecule has 0 amide bonds. The molecule has 20 heavy (non-hydrogen) atoms. The van der Waals surface area contributed by atoms with E-state index in [0.717, 1.165) is 4.88 Å². The van der Waals surface area contributed by atoms with Gasteiger partial charge < -0.3 is 10.5 Å². The highest BCUT2D eigenvalue weighted by molar-refractivity contribution is 7.15. The van der Waals surface area contributed by atoms with Crippen LogP contribution in [0.1, 0.15) is 17.4 Å². The Morgan fingerprint density at radius 3 is 2.75 bits per heavy atom. The topological polar surface area (TPSA) is 52.3 Å². The molecule has 2 rings (SSSR count). The molecule has 0 saturated heterocycles. The third-order valence-corrected chi connectivity index (χ3v) is 4.22. The Morgan fingerprint density at radius 2 is 2.05 bits per heavy atom. The molecule has 1 aromatic heterocycles. The smallest absolute Gasteiger partial charge is 0.323 e. The second-order valence-electron chi connectivity index (χ2n) is 4.64. The number of rotatable bonds is 5. The second-order valence-corrected chi connectivity index (χ2v) is 5.81. The Hall–Kier alpha value is -1.65. The monoisotopic (exact) mass is 289 g/mol. The molecule has 0 fully saturated rings. The summed E-state index contributed by atoms with van der Waals surface area (Å²) in [6, 6.07) is 11.8. The molecule has 3 nitrogen and oxygen atoms in total. The van der Waals surface area contributed by atoms with Crippen LogP contribution in [0, 0.1) is 6.92 Å². The average molecular weight is 289 g/mol. The van der Waals surface area contributed by atoms with Crippen molar-refractivity contribution in [1.29, 1.82) is 0 Å². The molecule has 106 valence electrons. The summed E-state index contributed by atoms with van der Waals surface area (Å²) < 4.78 is 4.93. The highest BCUT2D eigenvalue weighted by Crippen LogP contribution is 2.30. The molecular formula is C16H19NO2S. The van der Waals surface area contributed by atoms with E-state index >= 15 is 0 Å². The van der Waals surface area contributed by atoms with E-state index < -0.39 is 6.04 Å². The molecule has 0 radical (unpaired) electrons. The molecule has 2 aromatic rings. The first-order chi connectivity index (χ1) is 9.61. The summed E-state index contributed by atoms with van der Waals surface area (Å²) in [5.74, 6) is -0.335. The summed E-state index contributed by atoms with van der Waals surface area (Å²) in [5.41, 5.74) is 8.32. The minimum Gasteiger partial charge on any atom is -0.465 e. The summed E-state index contributed by atoms with van der Waals surface area (Å²) >= 11 is 1.68. The Labute approximate surface area is 123 Å². The van der Waals surface area contributed by atoms with Crippen molar-refractivity contribution in [2.45, 2.75) is 26.3 Å². The summed E-state index contributed by atoms with van der Waals surface area (Å²) in [5, 5.41) is 0. The molecule has 1 heterocycles. The minimum absolute atomic E-state index is 0.335. The largest absolute Gasteiger partial charge is 0.465 e. The highest BCUT2D eigenvalue weighted by Gasteiger charge is 2.16. The molecule has 4 heteroatoms. The van der Waals surface area contributed by atoms with Crippen LogP contribution in [0.2, 0.25) is 0 Å². The van der Waals surface area contributed by atoms with Gasteiger partial charge in [-0.3, -0.25) is 4.79 Å². The number of thiophene rings is 1.